The summed E-state index contributed by atoms with van der Waals surface area (Å²) in [6.07, 6.45) is 1.37. The number of hydrogen-bond donors (Lipinski definition) is 1. The van der Waals surface area contributed by atoms with E-state index in [1.54, 1.807) is 48.5 Å². The standard InChI is InChI=1S/C26H21N3O7/c1-17-6-8-19(9-7-17)28-25(31)22(24(30)27-26(28)32)16-18-4-2-3-5-23(18)36-15-14-35-21-12-10-20(11-13-21)29(33)34/h2-13,16H,14-15H2,1H3,(H,27,30,32). The minimum absolute atomic E-state index is 0.0375. The van der Waals surface area contributed by atoms with Gasteiger partial charge in [0.05, 0.1) is 10.6 Å². The van der Waals surface area contributed by atoms with Gasteiger partial charge >= 0.3 is 6.03 Å². The second-order valence-electron chi connectivity index (χ2n) is 7.78. The Morgan fingerprint density at radius 3 is 2.28 bits per heavy atom. The van der Waals surface area contributed by atoms with Crippen molar-refractivity contribution < 1.29 is 28.8 Å². The fraction of sp³-hybridized carbons (Fsp3) is 0.115. The molecular formula is C26H21N3O7. The average molecular weight is 487 g/mol. The smallest absolute Gasteiger partial charge is 0.335 e. The van der Waals surface area contributed by atoms with Crippen molar-refractivity contribution in [2.45, 2.75) is 6.92 Å². The number of nitro groups is 1. The molecule has 1 heterocycles. The maximum atomic E-state index is 13.1. The molecule has 1 fully saturated rings. The molecule has 10 heteroatoms. The van der Waals surface area contributed by atoms with Crippen LogP contribution in [0.2, 0.25) is 0 Å². The molecule has 0 bridgehead atoms. The molecule has 3 aromatic carbocycles. The third-order valence-electron chi connectivity index (χ3n) is 5.27. The van der Waals surface area contributed by atoms with Gasteiger partial charge in [-0.1, -0.05) is 35.9 Å². The predicted octanol–water partition coefficient (Wildman–Crippen LogP) is 4.03. The summed E-state index contributed by atoms with van der Waals surface area (Å²) in [5.41, 5.74) is 1.51. The lowest BCUT2D eigenvalue weighted by atomic mass is 10.1. The molecule has 0 unspecified atom stereocenters. The summed E-state index contributed by atoms with van der Waals surface area (Å²) in [6, 6.07) is 18.4. The fourth-order valence-electron chi connectivity index (χ4n) is 3.45. The average Bonchev–Trinajstić information content (AvgIpc) is 2.86. The predicted molar refractivity (Wildman–Crippen MR) is 131 cm³/mol. The number of imide groups is 2. The molecule has 1 saturated heterocycles. The summed E-state index contributed by atoms with van der Waals surface area (Å²) in [7, 11) is 0. The molecule has 0 aromatic heterocycles. The number of non-ortho nitro benzene ring substituents is 1. The molecule has 4 amide bonds. The van der Waals surface area contributed by atoms with E-state index in [-0.39, 0.29) is 24.5 Å². The molecule has 3 aromatic rings. The number of urea groups is 1. The van der Waals surface area contributed by atoms with Crippen LogP contribution in [-0.4, -0.2) is 36.0 Å². The molecule has 1 aliphatic rings. The highest BCUT2D eigenvalue weighted by molar-refractivity contribution is 6.39. The van der Waals surface area contributed by atoms with E-state index in [0.29, 0.717) is 22.7 Å². The first-order valence-electron chi connectivity index (χ1n) is 10.9. The van der Waals surface area contributed by atoms with Crippen molar-refractivity contribution in [3.8, 4) is 11.5 Å². The monoisotopic (exact) mass is 487 g/mol. The summed E-state index contributed by atoms with van der Waals surface area (Å²) in [4.78, 5) is 49.1. The fourth-order valence-corrected chi connectivity index (χ4v) is 3.45. The van der Waals surface area contributed by atoms with Crippen molar-refractivity contribution >= 4 is 35.3 Å². The first-order valence-corrected chi connectivity index (χ1v) is 10.9. The number of nitrogens with one attached hydrogen (secondary N) is 1. The Morgan fingerprint density at radius 1 is 0.917 bits per heavy atom. The summed E-state index contributed by atoms with van der Waals surface area (Å²) in [5, 5.41) is 12.9. The van der Waals surface area contributed by atoms with Gasteiger partial charge in [0.25, 0.3) is 17.5 Å². The molecule has 0 radical (unpaired) electrons. The lowest BCUT2D eigenvalue weighted by Gasteiger charge is -2.26. The van der Waals surface area contributed by atoms with E-state index >= 15 is 0 Å². The molecule has 4 rings (SSSR count). The Labute approximate surface area is 205 Å². The third kappa shape index (κ3) is 5.39. The van der Waals surface area contributed by atoms with Crippen molar-refractivity contribution in [3.05, 3.63) is 99.6 Å². The maximum Gasteiger partial charge on any atom is 0.335 e. The molecule has 0 saturated carbocycles. The minimum Gasteiger partial charge on any atom is -0.490 e. The SMILES string of the molecule is Cc1ccc(N2C(=O)NC(=O)C(=Cc3ccccc3OCCOc3ccc([N+](=O)[O-])cc3)C2=O)cc1. The van der Waals surface area contributed by atoms with Crippen LogP contribution < -0.4 is 19.7 Å². The molecule has 0 atom stereocenters. The van der Waals surface area contributed by atoms with E-state index in [1.807, 2.05) is 6.92 Å². The van der Waals surface area contributed by atoms with E-state index in [1.165, 1.54) is 30.3 Å². The number of para-hydroxylation sites is 1. The first kappa shape index (κ1) is 24.1. The van der Waals surface area contributed by atoms with Gasteiger partial charge in [-0.3, -0.25) is 25.0 Å². The Morgan fingerprint density at radius 2 is 1.58 bits per heavy atom. The van der Waals surface area contributed by atoms with Crippen LogP contribution in [0.3, 0.4) is 0 Å². The third-order valence-corrected chi connectivity index (χ3v) is 5.27. The largest absolute Gasteiger partial charge is 0.490 e. The number of carbonyl (C=O) groups excluding carboxylic acids is 3. The first-order chi connectivity index (χ1) is 17.3. The zero-order valence-corrected chi connectivity index (χ0v) is 19.2. The number of hydrogen-bond acceptors (Lipinski definition) is 7. The van der Waals surface area contributed by atoms with Gasteiger partial charge in [-0.25, -0.2) is 9.69 Å². The van der Waals surface area contributed by atoms with Crippen LogP contribution in [0.5, 0.6) is 11.5 Å². The molecule has 1 aliphatic heterocycles. The summed E-state index contributed by atoms with van der Waals surface area (Å²) in [6.45, 7) is 2.16. The van der Waals surface area contributed by atoms with Crippen molar-refractivity contribution in [1.82, 2.24) is 5.32 Å². The van der Waals surface area contributed by atoms with Gasteiger partial charge in [-0.15, -0.1) is 0 Å². The number of barbiturate groups is 1. The molecular weight excluding hydrogens is 466 g/mol. The number of anilines is 1. The topological polar surface area (TPSA) is 128 Å². The lowest BCUT2D eigenvalue weighted by molar-refractivity contribution is -0.384. The van der Waals surface area contributed by atoms with E-state index in [4.69, 9.17) is 9.47 Å². The number of amides is 4. The van der Waals surface area contributed by atoms with Gasteiger partial charge in [0, 0.05) is 17.7 Å². The highest BCUT2D eigenvalue weighted by Crippen LogP contribution is 2.26. The minimum atomic E-state index is -0.820. The molecule has 182 valence electrons. The highest BCUT2D eigenvalue weighted by Gasteiger charge is 2.36. The summed E-state index contributed by atoms with van der Waals surface area (Å²) >= 11 is 0. The van der Waals surface area contributed by atoms with Gasteiger partial charge in [0.2, 0.25) is 0 Å². The lowest BCUT2D eigenvalue weighted by Crippen LogP contribution is -2.54. The van der Waals surface area contributed by atoms with Gasteiger partial charge in [0.1, 0.15) is 30.3 Å². The number of nitrogens with zero attached hydrogens (tertiary/aromatic N) is 2. The summed E-state index contributed by atoms with van der Waals surface area (Å²) in [5.74, 6) is -0.699. The van der Waals surface area contributed by atoms with E-state index < -0.39 is 22.8 Å². The molecule has 36 heavy (non-hydrogen) atoms. The van der Waals surface area contributed by atoms with Crippen LogP contribution in [-0.2, 0) is 9.59 Å². The number of benzene rings is 3. The van der Waals surface area contributed by atoms with Crippen molar-refractivity contribution in [2.24, 2.45) is 0 Å². The Hall–Kier alpha value is -4.99. The number of carbonyl (C=O) groups is 3. The number of aryl methyl sites for hydroxylation is 1. The maximum absolute atomic E-state index is 13.1. The van der Waals surface area contributed by atoms with Crippen molar-refractivity contribution in [2.75, 3.05) is 18.1 Å². The number of nitro benzene ring substituents is 1. The van der Waals surface area contributed by atoms with Crippen molar-refractivity contribution in [1.29, 1.82) is 0 Å². The molecule has 0 aliphatic carbocycles. The zero-order chi connectivity index (χ0) is 25.7. The van der Waals surface area contributed by atoms with Crippen LogP contribution in [0.25, 0.3) is 6.08 Å². The van der Waals surface area contributed by atoms with Crippen LogP contribution in [0.15, 0.2) is 78.4 Å². The van der Waals surface area contributed by atoms with E-state index in [2.05, 4.69) is 5.32 Å². The van der Waals surface area contributed by atoms with Gasteiger partial charge in [-0.2, -0.15) is 0 Å². The van der Waals surface area contributed by atoms with E-state index in [0.717, 1.165) is 10.5 Å². The Kier molecular flexibility index (Phi) is 7.05. The number of rotatable bonds is 8. The zero-order valence-electron chi connectivity index (χ0n) is 19.2. The quantitative estimate of drug-likeness (QED) is 0.167. The van der Waals surface area contributed by atoms with Crippen LogP contribution in [0.1, 0.15) is 11.1 Å². The second kappa shape index (κ2) is 10.5. The Balaban J connectivity index is 1.47. The summed E-state index contributed by atoms with van der Waals surface area (Å²) < 4.78 is 11.3. The highest BCUT2D eigenvalue weighted by atomic mass is 16.6. The van der Waals surface area contributed by atoms with Crippen molar-refractivity contribution in [3.63, 3.8) is 0 Å². The molecule has 1 N–H and O–H groups in total. The number of ether oxygens (including phenoxy) is 2. The normalized spacial score (nSPS) is 14.5. The van der Waals surface area contributed by atoms with Crippen LogP contribution in [0, 0.1) is 17.0 Å². The molecule has 0 spiro atoms. The van der Waals surface area contributed by atoms with Gasteiger partial charge in [-0.05, 0) is 43.3 Å². The van der Waals surface area contributed by atoms with Crippen LogP contribution >= 0.6 is 0 Å². The van der Waals surface area contributed by atoms with Crippen LogP contribution in [0.4, 0.5) is 16.2 Å². The van der Waals surface area contributed by atoms with E-state index in [9.17, 15) is 24.5 Å². The van der Waals surface area contributed by atoms with Gasteiger partial charge < -0.3 is 9.47 Å². The molecule has 10 nitrogen and oxygen atoms in total. The Bertz CT molecular complexity index is 1350. The van der Waals surface area contributed by atoms with Gasteiger partial charge in [0.15, 0.2) is 0 Å². The second-order valence-corrected chi connectivity index (χ2v) is 7.78.